The zero-order chi connectivity index (χ0) is 21.6. The summed E-state index contributed by atoms with van der Waals surface area (Å²) in [6.45, 7) is 0.577. The fourth-order valence-corrected chi connectivity index (χ4v) is 3.72. The minimum Gasteiger partial charge on any atom is -0.342 e. The summed E-state index contributed by atoms with van der Waals surface area (Å²) >= 11 is 3.39. The Hall–Kier alpha value is -3.69. The maximum Gasteiger partial charge on any atom is 0.244 e. The number of amides is 1. The van der Waals surface area contributed by atoms with Crippen molar-refractivity contribution < 1.29 is 4.79 Å². The van der Waals surface area contributed by atoms with Crippen LogP contribution in [0.3, 0.4) is 0 Å². The molecule has 31 heavy (non-hydrogen) atoms. The molecule has 1 aromatic heterocycles. The van der Waals surface area contributed by atoms with Crippen molar-refractivity contribution in [3.05, 3.63) is 106 Å². The van der Waals surface area contributed by atoms with E-state index in [-0.39, 0.29) is 12.3 Å². The minimum atomic E-state index is -0.176. The van der Waals surface area contributed by atoms with Gasteiger partial charge in [0.25, 0.3) is 0 Å². The van der Waals surface area contributed by atoms with Crippen LogP contribution in [0.15, 0.2) is 88.6 Å². The molecule has 0 radical (unpaired) electrons. The Balaban J connectivity index is 1.52. The predicted molar refractivity (Wildman–Crippen MR) is 126 cm³/mol. The lowest BCUT2D eigenvalue weighted by atomic mass is 10.1. The van der Waals surface area contributed by atoms with Crippen LogP contribution in [0.5, 0.6) is 0 Å². The highest BCUT2D eigenvalue weighted by atomic mass is 79.9. The molecule has 0 saturated heterocycles. The number of carbonyl (C=O) groups excluding carboxylic acids is 1. The smallest absolute Gasteiger partial charge is 0.244 e. The zero-order valence-corrected chi connectivity index (χ0v) is 18.2. The van der Waals surface area contributed by atoms with E-state index in [0.717, 1.165) is 32.1 Å². The molecule has 4 aromatic rings. The number of carbonyl (C=O) groups is 1. The molecule has 1 amide bonds. The number of benzene rings is 3. The molecule has 0 aliphatic carbocycles. The minimum absolute atomic E-state index is 0.176. The number of halogens is 1. The van der Waals surface area contributed by atoms with Gasteiger partial charge in [0.05, 0.1) is 24.3 Å². The van der Waals surface area contributed by atoms with Crippen molar-refractivity contribution in [1.82, 2.24) is 9.99 Å². The van der Waals surface area contributed by atoms with E-state index in [1.807, 2.05) is 79.0 Å². The number of fused-ring (bicyclic) bond motifs is 1. The van der Waals surface area contributed by atoms with Gasteiger partial charge in [0.15, 0.2) is 0 Å². The van der Waals surface area contributed by atoms with Gasteiger partial charge in [-0.15, -0.1) is 0 Å². The van der Waals surface area contributed by atoms with Crippen LogP contribution in [-0.2, 0) is 17.8 Å². The van der Waals surface area contributed by atoms with Crippen LogP contribution in [-0.4, -0.2) is 16.7 Å². The first-order valence-electron chi connectivity index (χ1n) is 9.76. The lowest BCUT2D eigenvalue weighted by Gasteiger charge is -2.07. The molecular weight excluding hydrogens is 452 g/mol. The van der Waals surface area contributed by atoms with Gasteiger partial charge in [-0.1, -0.05) is 64.5 Å². The fourth-order valence-electron chi connectivity index (χ4n) is 3.46. The van der Waals surface area contributed by atoms with Gasteiger partial charge in [0.1, 0.15) is 0 Å². The number of aromatic nitrogens is 1. The van der Waals surface area contributed by atoms with Gasteiger partial charge in [-0.2, -0.15) is 10.4 Å². The highest BCUT2D eigenvalue weighted by Crippen LogP contribution is 2.22. The van der Waals surface area contributed by atoms with Crippen LogP contribution >= 0.6 is 15.9 Å². The van der Waals surface area contributed by atoms with E-state index in [0.29, 0.717) is 12.1 Å². The van der Waals surface area contributed by atoms with Crippen molar-refractivity contribution in [2.45, 2.75) is 13.0 Å². The van der Waals surface area contributed by atoms with Crippen LogP contribution in [0, 0.1) is 11.3 Å². The van der Waals surface area contributed by atoms with Crippen molar-refractivity contribution in [1.29, 1.82) is 5.26 Å². The molecule has 5 nitrogen and oxygen atoms in total. The topological polar surface area (TPSA) is 70.2 Å². The first-order chi connectivity index (χ1) is 15.1. The highest BCUT2D eigenvalue weighted by Gasteiger charge is 2.09. The zero-order valence-electron chi connectivity index (χ0n) is 16.6. The van der Waals surface area contributed by atoms with E-state index in [2.05, 4.69) is 37.1 Å². The second-order valence-electron chi connectivity index (χ2n) is 7.09. The summed E-state index contributed by atoms with van der Waals surface area (Å²) in [6.07, 6.45) is 3.91. The maximum atomic E-state index is 12.2. The summed E-state index contributed by atoms with van der Waals surface area (Å²) < 4.78 is 3.07. The number of hydrazone groups is 1. The van der Waals surface area contributed by atoms with E-state index in [9.17, 15) is 10.1 Å². The molecule has 1 N–H and O–H groups in total. The summed E-state index contributed by atoms with van der Waals surface area (Å²) in [5.41, 5.74) is 7.08. The molecule has 0 fully saturated rings. The maximum absolute atomic E-state index is 12.2. The number of para-hydroxylation sites is 1. The Labute approximate surface area is 188 Å². The molecule has 0 aliphatic heterocycles. The summed E-state index contributed by atoms with van der Waals surface area (Å²) in [4.78, 5) is 12.2. The van der Waals surface area contributed by atoms with Crippen molar-refractivity contribution >= 4 is 39.0 Å². The van der Waals surface area contributed by atoms with Crippen molar-refractivity contribution in [2.24, 2.45) is 5.10 Å². The Morgan fingerprint density at radius 1 is 1.06 bits per heavy atom. The summed E-state index contributed by atoms with van der Waals surface area (Å²) in [5.74, 6) is -0.176. The highest BCUT2D eigenvalue weighted by molar-refractivity contribution is 9.10. The number of nitrogens with zero attached hydrogens (tertiary/aromatic N) is 3. The first-order valence-corrected chi connectivity index (χ1v) is 10.6. The van der Waals surface area contributed by atoms with Crippen molar-refractivity contribution in [3.63, 3.8) is 0 Å². The average Bonchev–Trinajstić information content (AvgIpc) is 3.13. The molecule has 1 heterocycles. The third kappa shape index (κ3) is 4.90. The fraction of sp³-hybridized carbons (Fsp3) is 0.0800. The normalized spacial score (nSPS) is 11.0. The lowest BCUT2D eigenvalue weighted by Crippen LogP contribution is -2.19. The van der Waals surface area contributed by atoms with Crippen molar-refractivity contribution in [3.8, 4) is 6.07 Å². The monoisotopic (exact) mass is 470 g/mol. The van der Waals surface area contributed by atoms with E-state index in [4.69, 9.17) is 0 Å². The van der Waals surface area contributed by atoms with Crippen LogP contribution < -0.4 is 5.43 Å². The summed E-state index contributed by atoms with van der Waals surface area (Å²) in [6, 6.07) is 25.5. The second-order valence-corrected chi connectivity index (χ2v) is 8.01. The van der Waals surface area contributed by atoms with Crippen LogP contribution in [0.2, 0.25) is 0 Å². The largest absolute Gasteiger partial charge is 0.342 e. The van der Waals surface area contributed by atoms with E-state index >= 15 is 0 Å². The number of hydrogen-bond donors (Lipinski definition) is 1. The molecule has 0 unspecified atom stereocenters. The summed E-state index contributed by atoms with van der Waals surface area (Å²) in [5, 5.41) is 14.6. The number of nitrogens with one attached hydrogen (secondary N) is 1. The van der Waals surface area contributed by atoms with Gasteiger partial charge in [0.2, 0.25) is 5.91 Å². The second kappa shape index (κ2) is 9.41. The number of hydrogen-bond acceptors (Lipinski definition) is 3. The van der Waals surface area contributed by atoms with Crippen LogP contribution in [0.1, 0.15) is 22.3 Å². The summed E-state index contributed by atoms with van der Waals surface area (Å²) in [7, 11) is 0. The van der Waals surface area contributed by atoms with Gasteiger partial charge in [-0.25, -0.2) is 5.43 Å². The van der Waals surface area contributed by atoms with Gasteiger partial charge >= 0.3 is 0 Å². The number of rotatable bonds is 6. The van der Waals surface area contributed by atoms with Gasteiger partial charge < -0.3 is 4.57 Å². The molecule has 3 aromatic carbocycles. The molecule has 0 spiro atoms. The molecule has 6 heteroatoms. The molecule has 0 aliphatic rings. The number of nitriles is 1. The molecule has 152 valence electrons. The standard InChI is InChI=1S/C25H19BrN4O/c26-22-11-9-18(10-12-22)13-25(31)29-28-15-21-17-30(24-8-4-3-7-23(21)24)16-20-6-2-1-5-19(20)14-27/h1-12,15,17H,13,16H2,(H,29,31)/b28-15-. The van der Waals surface area contributed by atoms with E-state index in [1.165, 1.54) is 0 Å². The van der Waals surface area contributed by atoms with Crippen LogP contribution in [0.4, 0.5) is 0 Å². The SMILES string of the molecule is N#Cc1ccccc1Cn1cc(/C=N\NC(=O)Cc2ccc(Br)cc2)c2ccccc21. The predicted octanol–water partition coefficient (Wildman–Crippen LogP) is 5.02. The third-order valence-corrected chi connectivity index (χ3v) is 5.50. The van der Waals surface area contributed by atoms with E-state index in [1.54, 1.807) is 6.21 Å². The Bertz CT molecular complexity index is 1300. The Morgan fingerprint density at radius 2 is 1.81 bits per heavy atom. The first kappa shape index (κ1) is 20.6. The molecular formula is C25H19BrN4O. The van der Waals surface area contributed by atoms with E-state index < -0.39 is 0 Å². The average molecular weight is 471 g/mol. The molecule has 0 saturated carbocycles. The Morgan fingerprint density at radius 3 is 2.61 bits per heavy atom. The lowest BCUT2D eigenvalue weighted by molar-refractivity contribution is -0.120. The van der Waals surface area contributed by atoms with Gasteiger partial charge in [-0.05, 0) is 35.4 Å². The van der Waals surface area contributed by atoms with Gasteiger partial charge in [-0.3, -0.25) is 4.79 Å². The van der Waals surface area contributed by atoms with Gasteiger partial charge in [0, 0.05) is 33.7 Å². The van der Waals surface area contributed by atoms with Crippen molar-refractivity contribution in [2.75, 3.05) is 0 Å². The molecule has 4 rings (SSSR count). The Kier molecular flexibility index (Phi) is 6.25. The van der Waals surface area contributed by atoms with Crippen LogP contribution in [0.25, 0.3) is 10.9 Å². The molecule has 0 bridgehead atoms. The quantitative estimate of drug-likeness (QED) is 0.317. The third-order valence-electron chi connectivity index (χ3n) is 4.97. The molecule has 0 atom stereocenters.